The average Bonchev–Trinajstić information content (AvgIpc) is 3.21. The first-order valence-corrected chi connectivity index (χ1v) is 6.48. The molecular weight excluding hydrogens is 264 g/mol. The van der Waals surface area contributed by atoms with E-state index in [4.69, 9.17) is 11.6 Å². The summed E-state index contributed by atoms with van der Waals surface area (Å²) in [6.07, 6.45) is 7.07. The highest BCUT2D eigenvalue weighted by atomic mass is 35.5. The number of rotatable bonds is 3. The van der Waals surface area contributed by atoms with Crippen molar-refractivity contribution in [1.29, 1.82) is 0 Å². The molecule has 2 aromatic rings. The van der Waals surface area contributed by atoms with Crippen LogP contribution in [0, 0.1) is 5.92 Å². The molecule has 0 aliphatic heterocycles. The van der Waals surface area contributed by atoms with Crippen molar-refractivity contribution in [2.45, 2.75) is 12.8 Å². The summed E-state index contributed by atoms with van der Waals surface area (Å²) in [4.78, 5) is 17.6. The van der Waals surface area contributed by atoms with Gasteiger partial charge in [-0.15, -0.1) is 0 Å². The maximum atomic E-state index is 12.0. The summed E-state index contributed by atoms with van der Waals surface area (Å²) in [5.74, 6) is 0.260. The number of hydrogen-bond donors (Lipinski definition) is 0. The van der Waals surface area contributed by atoms with Crippen LogP contribution in [0.3, 0.4) is 0 Å². The van der Waals surface area contributed by atoms with E-state index in [2.05, 4.69) is 10.1 Å². The van der Waals surface area contributed by atoms with Gasteiger partial charge < -0.3 is 4.90 Å². The van der Waals surface area contributed by atoms with Gasteiger partial charge in [-0.1, -0.05) is 11.6 Å². The van der Waals surface area contributed by atoms with Gasteiger partial charge in [-0.05, 0) is 25.0 Å². The first-order valence-electron chi connectivity index (χ1n) is 6.10. The van der Waals surface area contributed by atoms with Crippen molar-refractivity contribution in [2.24, 2.45) is 5.92 Å². The minimum Gasteiger partial charge on any atom is -0.311 e. The van der Waals surface area contributed by atoms with Crippen LogP contribution < -0.4 is 4.90 Å². The lowest BCUT2D eigenvalue weighted by molar-refractivity contribution is -0.119. The van der Waals surface area contributed by atoms with Gasteiger partial charge in [-0.3, -0.25) is 9.78 Å². The molecule has 2 heterocycles. The van der Waals surface area contributed by atoms with Crippen LogP contribution in [0.5, 0.6) is 0 Å². The zero-order valence-electron chi connectivity index (χ0n) is 10.5. The molecule has 3 rings (SSSR count). The molecule has 1 saturated carbocycles. The number of pyridine rings is 1. The van der Waals surface area contributed by atoms with Crippen molar-refractivity contribution in [1.82, 2.24) is 14.8 Å². The second-order valence-electron chi connectivity index (χ2n) is 4.63. The molecule has 0 N–H and O–H groups in total. The largest absolute Gasteiger partial charge is 0.311 e. The maximum absolute atomic E-state index is 12.0. The van der Waals surface area contributed by atoms with E-state index in [1.807, 2.05) is 12.1 Å². The summed E-state index contributed by atoms with van der Waals surface area (Å²) in [5.41, 5.74) is 1.44. The van der Waals surface area contributed by atoms with Gasteiger partial charge in [0.25, 0.3) is 0 Å². The molecule has 2 aromatic heterocycles. The van der Waals surface area contributed by atoms with Crippen molar-refractivity contribution in [3.8, 4) is 5.69 Å². The number of hydrogen-bond acceptors (Lipinski definition) is 3. The number of amides is 1. The molecule has 0 bridgehead atoms. The molecule has 1 amide bonds. The summed E-state index contributed by atoms with van der Waals surface area (Å²) in [6, 6.07) is 3.70. The van der Waals surface area contributed by atoms with Crippen molar-refractivity contribution < 1.29 is 4.79 Å². The van der Waals surface area contributed by atoms with E-state index in [1.165, 1.54) is 0 Å². The lowest BCUT2D eigenvalue weighted by atomic mass is 10.3. The Morgan fingerprint density at radius 2 is 2.32 bits per heavy atom. The van der Waals surface area contributed by atoms with Crippen LogP contribution in [-0.2, 0) is 4.79 Å². The van der Waals surface area contributed by atoms with Crippen LogP contribution in [0.25, 0.3) is 5.69 Å². The van der Waals surface area contributed by atoms with Gasteiger partial charge in [-0.2, -0.15) is 5.10 Å². The minimum atomic E-state index is 0.104. The van der Waals surface area contributed by atoms with Crippen LogP contribution in [0.4, 0.5) is 5.69 Å². The summed E-state index contributed by atoms with van der Waals surface area (Å²) in [6.45, 7) is 0. The van der Waals surface area contributed by atoms with Crippen LogP contribution in [0.2, 0.25) is 5.15 Å². The third-order valence-electron chi connectivity index (χ3n) is 3.18. The summed E-state index contributed by atoms with van der Waals surface area (Å²) in [5, 5.41) is 4.53. The van der Waals surface area contributed by atoms with Crippen molar-refractivity contribution in [3.05, 3.63) is 35.9 Å². The van der Waals surface area contributed by atoms with Gasteiger partial charge in [0.15, 0.2) is 5.15 Å². The number of carbonyl (C=O) groups excluding carboxylic acids is 1. The van der Waals surface area contributed by atoms with Gasteiger partial charge in [-0.25, -0.2) is 4.68 Å². The zero-order valence-corrected chi connectivity index (χ0v) is 11.2. The van der Waals surface area contributed by atoms with Gasteiger partial charge in [0, 0.05) is 19.2 Å². The predicted molar refractivity (Wildman–Crippen MR) is 72.5 cm³/mol. The first kappa shape index (κ1) is 12.2. The summed E-state index contributed by atoms with van der Waals surface area (Å²) in [7, 11) is 1.73. The standard InChI is InChI=1S/C13H13ClN4O/c1-17(13(19)9-4-5-9)11-8-18(16-12(11)14)10-3-2-6-15-7-10/h2-3,6-9H,4-5H2,1H3. The van der Waals surface area contributed by atoms with Crippen LogP contribution in [0.1, 0.15) is 12.8 Å². The minimum absolute atomic E-state index is 0.104. The second kappa shape index (κ2) is 4.66. The van der Waals surface area contributed by atoms with E-state index in [9.17, 15) is 4.79 Å². The van der Waals surface area contributed by atoms with E-state index in [-0.39, 0.29) is 11.8 Å². The highest BCUT2D eigenvalue weighted by Gasteiger charge is 2.33. The van der Waals surface area contributed by atoms with E-state index < -0.39 is 0 Å². The topological polar surface area (TPSA) is 51.0 Å². The van der Waals surface area contributed by atoms with Crippen LogP contribution in [-0.4, -0.2) is 27.7 Å². The Morgan fingerprint density at radius 3 is 2.95 bits per heavy atom. The molecule has 0 saturated heterocycles. The normalized spacial score (nSPS) is 14.4. The van der Waals surface area contributed by atoms with Crippen molar-refractivity contribution in [2.75, 3.05) is 11.9 Å². The molecule has 0 unspecified atom stereocenters. The predicted octanol–water partition coefficient (Wildman–Crippen LogP) is 2.29. The Kier molecular flexibility index (Phi) is 2.98. The fourth-order valence-corrected chi connectivity index (χ4v) is 2.17. The SMILES string of the molecule is CN(C(=O)C1CC1)c1cn(-c2cccnc2)nc1Cl. The number of nitrogens with zero attached hydrogens (tertiary/aromatic N) is 4. The van der Waals surface area contributed by atoms with Crippen molar-refractivity contribution in [3.63, 3.8) is 0 Å². The van der Waals surface area contributed by atoms with Gasteiger partial charge in [0.1, 0.15) is 5.69 Å². The van der Waals surface area contributed by atoms with E-state index in [1.54, 1.807) is 35.2 Å². The van der Waals surface area contributed by atoms with E-state index in [0.29, 0.717) is 10.8 Å². The van der Waals surface area contributed by atoms with Gasteiger partial charge in [0.2, 0.25) is 5.91 Å². The molecule has 98 valence electrons. The summed E-state index contributed by atoms with van der Waals surface area (Å²) >= 11 is 6.11. The molecule has 0 radical (unpaired) electrons. The number of carbonyl (C=O) groups is 1. The number of halogens is 1. The van der Waals surface area contributed by atoms with E-state index in [0.717, 1.165) is 18.5 Å². The average molecular weight is 277 g/mol. The van der Waals surface area contributed by atoms with Crippen LogP contribution in [0.15, 0.2) is 30.7 Å². The molecular formula is C13H13ClN4O. The molecule has 0 spiro atoms. The molecule has 1 fully saturated rings. The number of anilines is 1. The fourth-order valence-electron chi connectivity index (χ4n) is 1.91. The molecule has 6 heteroatoms. The quantitative estimate of drug-likeness (QED) is 0.864. The second-order valence-corrected chi connectivity index (χ2v) is 4.99. The highest BCUT2D eigenvalue weighted by molar-refractivity contribution is 6.32. The van der Waals surface area contributed by atoms with Crippen LogP contribution >= 0.6 is 11.6 Å². The number of aromatic nitrogens is 3. The monoisotopic (exact) mass is 276 g/mol. The van der Waals surface area contributed by atoms with Gasteiger partial charge in [0.05, 0.1) is 18.1 Å². The molecule has 1 aliphatic rings. The molecule has 1 aliphatic carbocycles. The Hall–Kier alpha value is -1.88. The molecule has 0 atom stereocenters. The maximum Gasteiger partial charge on any atom is 0.229 e. The first-order chi connectivity index (χ1) is 9.16. The summed E-state index contributed by atoms with van der Waals surface area (Å²) < 4.78 is 1.63. The fraction of sp³-hybridized carbons (Fsp3) is 0.308. The highest BCUT2D eigenvalue weighted by Crippen LogP contribution is 2.34. The smallest absolute Gasteiger partial charge is 0.229 e. The Balaban J connectivity index is 1.91. The lowest BCUT2D eigenvalue weighted by Gasteiger charge is -2.14. The Bertz CT molecular complexity index is 606. The Morgan fingerprint density at radius 1 is 1.53 bits per heavy atom. The zero-order chi connectivity index (χ0) is 13.4. The van der Waals surface area contributed by atoms with Crippen molar-refractivity contribution >= 4 is 23.2 Å². The third kappa shape index (κ3) is 2.33. The van der Waals surface area contributed by atoms with Gasteiger partial charge >= 0.3 is 0 Å². The van der Waals surface area contributed by atoms with E-state index >= 15 is 0 Å². The molecule has 19 heavy (non-hydrogen) atoms. The third-order valence-corrected chi connectivity index (χ3v) is 3.45. The molecule has 0 aromatic carbocycles. The molecule has 5 nitrogen and oxygen atoms in total. The lowest BCUT2D eigenvalue weighted by Crippen LogP contribution is -2.27. The Labute approximate surface area is 115 Å².